The van der Waals surface area contributed by atoms with Gasteiger partial charge >= 0.3 is 7.12 Å². The molecule has 70 valence electrons. The zero-order valence-corrected chi connectivity index (χ0v) is 7.20. The van der Waals surface area contributed by atoms with Gasteiger partial charge in [0.25, 0.3) is 0 Å². The van der Waals surface area contributed by atoms with E-state index in [9.17, 15) is 4.39 Å². The lowest BCUT2D eigenvalue weighted by Crippen LogP contribution is -2.32. The van der Waals surface area contributed by atoms with Crippen LogP contribution in [-0.4, -0.2) is 23.8 Å². The Labute approximate surface area is 75.9 Å². The Balaban J connectivity index is 2.97. The van der Waals surface area contributed by atoms with E-state index >= 15 is 0 Å². The lowest BCUT2D eigenvalue weighted by atomic mass is 9.80. The van der Waals surface area contributed by atoms with E-state index in [1.54, 1.807) is 6.92 Å². The Hall–Kier alpha value is -1.07. The van der Waals surface area contributed by atoms with Gasteiger partial charge in [0.15, 0.2) is 0 Å². The van der Waals surface area contributed by atoms with Gasteiger partial charge in [0.1, 0.15) is 11.6 Å². The highest BCUT2D eigenvalue weighted by Gasteiger charge is 2.16. The van der Waals surface area contributed by atoms with Crippen molar-refractivity contribution in [2.45, 2.75) is 6.92 Å². The van der Waals surface area contributed by atoms with Crippen LogP contribution in [0.25, 0.3) is 0 Å². The molecule has 0 saturated carbocycles. The molecule has 0 unspecified atom stereocenters. The minimum absolute atomic E-state index is 0.175. The highest BCUT2D eigenvalue weighted by atomic mass is 19.1. The maximum atomic E-state index is 12.9. The van der Waals surface area contributed by atoms with Gasteiger partial charge in [-0.3, -0.25) is 0 Å². The molecule has 13 heavy (non-hydrogen) atoms. The third-order valence-corrected chi connectivity index (χ3v) is 1.56. The number of hydrogen-bond acceptors (Lipinski definition) is 3. The number of hydrogen-bond donors (Lipinski definition) is 2. The molecule has 1 aromatic carbocycles. The molecule has 0 spiro atoms. The molecule has 0 radical (unpaired) electrons. The van der Waals surface area contributed by atoms with Crippen molar-refractivity contribution in [3.8, 4) is 5.75 Å². The van der Waals surface area contributed by atoms with Crippen molar-refractivity contribution in [2.24, 2.45) is 0 Å². The topological polar surface area (TPSA) is 49.7 Å². The summed E-state index contributed by atoms with van der Waals surface area (Å²) >= 11 is 0. The van der Waals surface area contributed by atoms with E-state index in [-0.39, 0.29) is 5.46 Å². The molecule has 3 nitrogen and oxygen atoms in total. The monoisotopic (exact) mass is 184 g/mol. The molecular weight excluding hydrogens is 174 g/mol. The van der Waals surface area contributed by atoms with Gasteiger partial charge in [0.2, 0.25) is 0 Å². The number of benzene rings is 1. The van der Waals surface area contributed by atoms with Gasteiger partial charge < -0.3 is 14.8 Å². The SMILES string of the molecule is CCOc1ccc(F)c(B(O)O)c1. The Morgan fingerprint density at radius 2 is 2.15 bits per heavy atom. The average molecular weight is 184 g/mol. The van der Waals surface area contributed by atoms with Gasteiger partial charge in [0.05, 0.1) is 6.61 Å². The van der Waals surface area contributed by atoms with E-state index in [2.05, 4.69) is 0 Å². The molecule has 1 rings (SSSR count). The third-order valence-electron chi connectivity index (χ3n) is 1.56. The number of halogens is 1. The van der Waals surface area contributed by atoms with Gasteiger partial charge in [-0.2, -0.15) is 0 Å². The fraction of sp³-hybridized carbons (Fsp3) is 0.250. The summed E-state index contributed by atoms with van der Waals surface area (Å²) in [5.41, 5.74) is -0.175. The zero-order valence-electron chi connectivity index (χ0n) is 7.20. The minimum atomic E-state index is -1.81. The first kappa shape index (κ1) is 10.0. The lowest BCUT2D eigenvalue weighted by Gasteiger charge is -2.06. The molecule has 1 aromatic rings. The molecule has 0 aliphatic heterocycles. The molecule has 5 heteroatoms. The van der Waals surface area contributed by atoms with Crippen LogP contribution in [0.4, 0.5) is 4.39 Å². The first-order valence-electron chi connectivity index (χ1n) is 3.93. The average Bonchev–Trinajstić information content (AvgIpc) is 2.08. The summed E-state index contributed by atoms with van der Waals surface area (Å²) in [6.45, 7) is 2.24. The largest absolute Gasteiger partial charge is 0.494 e. The molecule has 0 atom stereocenters. The Morgan fingerprint density at radius 1 is 1.46 bits per heavy atom. The summed E-state index contributed by atoms with van der Waals surface area (Å²) in [5, 5.41) is 17.5. The minimum Gasteiger partial charge on any atom is -0.494 e. The predicted octanol–water partition coefficient (Wildman–Crippen LogP) is -0.0958. The summed E-state index contributed by atoms with van der Waals surface area (Å²) in [6, 6.07) is 3.84. The van der Waals surface area contributed by atoms with Crippen molar-refractivity contribution in [2.75, 3.05) is 6.61 Å². The smallest absolute Gasteiger partial charge is 0.491 e. The normalized spacial score (nSPS) is 9.85. The summed E-state index contributed by atoms with van der Waals surface area (Å²) < 4.78 is 17.9. The highest BCUT2D eigenvalue weighted by Crippen LogP contribution is 2.09. The Bertz CT molecular complexity index is 291. The third kappa shape index (κ3) is 2.43. The summed E-state index contributed by atoms with van der Waals surface area (Å²) in [4.78, 5) is 0. The first-order chi connectivity index (χ1) is 6.15. The van der Waals surface area contributed by atoms with Gasteiger partial charge in [0, 0.05) is 5.46 Å². The standard InChI is InChI=1S/C8H10BFO3/c1-2-13-6-3-4-8(10)7(5-6)9(11)12/h3-5,11-12H,2H2,1H3. The highest BCUT2D eigenvalue weighted by molar-refractivity contribution is 6.58. The van der Waals surface area contributed by atoms with Crippen molar-refractivity contribution in [3.63, 3.8) is 0 Å². The maximum absolute atomic E-state index is 12.9. The van der Waals surface area contributed by atoms with E-state index in [0.29, 0.717) is 12.4 Å². The van der Waals surface area contributed by atoms with Gasteiger partial charge in [-0.15, -0.1) is 0 Å². The van der Waals surface area contributed by atoms with Crippen molar-refractivity contribution in [1.29, 1.82) is 0 Å². The van der Waals surface area contributed by atoms with Crippen LogP contribution in [0.2, 0.25) is 0 Å². The van der Waals surface area contributed by atoms with Crippen LogP contribution in [0.15, 0.2) is 18.2 Å². The Morgan fingerprint density at radius 3 is 2.69 bits per heavy atom. The van der Waals surface area contributed by atoms with E-state index in [1.807, 2.05) is 0 Å². The van der Waals surface area contributed by atoms with Crippen LogP contribution >= 0.6 is 0 Å². The van der Waals surface area contributed by atoms with Crippen LogP contribution in [0, 0.1) is 5.82 Å². The molecule has 0 heterocycles. The lowest BCUT2D eigenvalue weighted by molar-refractivity contribution is 0.339. The van der Waals surface area contributed by atoms with Crippen LogP contribution in [0.5, 0.6) is 5.75 Å². The molecule has 0 saturated heterocycles. The molecule has 0 aromatic heterocycles. The number of ether oxygens (including phenoxy) is 1. The predicted molar refractivity (Wildman–Crippen MR) is 47.4 cm³/mol. The first-order valence-corrected chi connectivity index (χ1v) is 3.93. The van der Waals surface area contributed by atoms with Crippen molar-refractivity contribution < 1.29 is 19.2 Å². The summed E-state index contributed by atoms with van der Waals surface area (Å²) in [5.74, 6) is -0.231. The van der Waals surface area contributed by atoms with Crippen molar-refractivity contribution in [3.05, 3.63) is 24.0 Å². The van der Waals surface area contributed by atoms with Crippen LogP contribution in [0.1, 0.15) is 6.92 Å². The zero-order chi connectivity index (χ0) is 9.84. The van der Waals surface area contributed by atoms with Crippen molar-refractivity contribution in [1.82, 2.24) is 0 Å². The molecule has 2 N–H and O–H groups in total. The van der Waals surface area contributed by atoms with E-state index < -0.39 is 12.9 Å². The van der Waals surface area contributed by atoms with E-state index in [1.165, 1.54) is 12.1 Å². The van der Waals surface area contributed by atoms with Gasteiger partial charge in [-0.25, -0.2) is 4.39 Å². The molecule has 0 fully saturated rings. The van der Waals surface area contributed by atoms with Crippen LogP contribution in [0.3, 0.4) is 0 Å². The molecule has 0 aliphatic rings. The van der Waals surface area contributed by atoms with E-state index in [0.717, 1.165) is 6.07 Å². The Kier molecular flexibility index (Phi) is 3.28. The molecular formula is C8H10BFO3. The van der Waals surface area contributed by atoms with Crippen LogP contribution < -0.4 is 10.2 Å². The molecule has 0 amide bonds. The maximum Gasteiger partial charge on any atom is 0.491 e. The van der Waals surface area contributed by atoms with E-state index in [4.69, 9.17) is 14.8 Å². The second-order valence-corrected chi connectivity index (χ2v) is 2.49. The number of rotatable bonds is 3. The fourth-order valence-corrected chi connectivity index (χ4v) is 0.976. The summed E-state index contributed by atoms with van der Waals surface area (Å²) in [6.07, 6.45) is 0. The fourth-order valence-electron chi connectivity index (χ4n) is 0.976. The van der Waals surface area contributed by atoms with Crippen molar-refractivity contribution >= 4 is 12.6 Å². The van der Waals surface area contributed by atoms with Gasteiger partial charge in [-0.05, 0) is 25.1 Å². The molecule has 0 bridgehead atoms. The second-order valence-electron chi connectivity index (χ2n) is 2.49. The van der Waals surface area contributed by atoms with Gasteiger partial charge in [-0.1, -0.05) is 0 Å². The van der Waals surface area contributed by atoms with Crippen LogP contribution in [-0.2, 0) is 0 Å². The quantitative estimate of drug-likeness (QED) is 0.645. The second kappa shape index (κ2) is 4.25. The molecule has 0 aliphatic carbocycles. The summed E-state index contributed by atoms with van der Waals surface area (Å²) in [7, 11) is -1.81.